The SMILES string of the molecule is C=CCn1c(C)c(CC(=O)N2CCN(c3ccccc3OC)CC2)c(=O)n2nc(-c3ccccc3)nc12. The Kier molecular flexibility index (Phi) is 6.76. The van der Waals surface area contributed by atoms with E-state index in [0.29, 0.717) is 55.6 Å². The van der Waals surface area contributed by atoms with E-state index in [1.54, 1.807) is 13.2 Å². The zero-order valence-corrected chi connectivity index (χ0v) is 21.1. The monoisotopic (exact) mass is 498 g/mol. The Balaban J connectivity index is 1.40. The van der Waals surface area contributed by atoms with Crippen LogP contribution >= 0.6 is 0 Å². The Labute approximate surface area is 215 Å². The van der Waals surface area contributed by atoms with Gasteiger partial charge in [0.15, 0.2) is 5.82 Å². The lowest BCUT2D eigenvalue weighted by atomic mass is 10.1. The van der Waals surface area contributed by atoms with E-state index in [0.717, 1.165) is 17.0 Å². The van der Waals surface area contributed by atoms with Crippen LogP contribution in [0.25, 0.3) is 17.2 Å². The number of piperazine rings is 1. The average Bonchev–Trinajstić information content (AvgIpc) is 3.39. The predicted octanol–water partition coefficient (Wildman–Crippen LogP) is 2.95. The highest BCUT2D eigenvalue weighted by molar-refractivity contribution is 5.79. The van der Waals surface area contributed by atoms with Crippen molar-refractivity contribution in [1.29, 1.82) is 0 Å². The van der Waals surface area contributed by atoms with Gasteiger partial charge in [-0.25, -0.2) is 0 Å². The topological polar surface area (TPSA) is 85.0 Å². The molecule has 9 nitrogen and oxygen atoms in total. The molecule has 0 unspecified atom stereocenters. The zero-order valence-electron chi connectivity index (χ0n) is 21.1. The molecule has 3 heterocycles. The first-order chi connectivity index (χ1) is 18.0. The van der Waals surface area contributed by atoms with E-state index < -0.39 is 0 Å². The first-order valence-corrected chi connectivity index (χ1v) is 12.3. The van der Waals surface area contributed by atoms with Crippen LogP contribution in [-0.2, 0) is 17.8 Å². The van der Waals surface area contributed by atoms with Gasteiger partial charge in [0.05, 0.1) is 19.2 Å². The summed E-state index contributed by atoms with van der Waals surface area (Å²) in [5.74, 6) is 1.64. The van der Waals surface area contributed by atoms with Crippen LogP contribution in [0, 0.1) is 6.92 Å². The van der Waals surface area contributed by atoms with E-state index in [2.05, 4.69) is 21.6 Å². The molecule has 1 aliphatic rings. The number of fused-ring (bicyclic) bond motifs is 1. The fraction of sp³-hybridized carbons (Fsp3) is 0.286. The summed E-state index contributed by atoms with van der Waals surface area (Å²) in [4.78, 5) is 35.5. The molecule has 190 valence electrons. The Morgan fingerprint density at radius 2 is 1.76 bits per heavy atom. The molecule has 5 rings (SSSR count). The van der Waals surface area contributed by atoms with Crippen molar-refractivity contribution in [3.05, 3.63) is 88.9 Å². The van der Waals surface area contributed by atoms with Crippen molar-refractivity contribution in [3.63, 3.8) is 0 Å². The summed E-state index contributed by atoms with van der Waals surface area (Å²) in [5.41, 5.74) is 2.65. The van der Waals surface area contributed by atoms with Crippen LogP contribution in [0.4, 0.5) is 5.69 Å². The zero-order chi connectivity index (χ0) is 25.9. The molecule has 0 bridgehead atoms. The van der Waals surface area contributed by atoms with Gasteiger partial charge in [0, 0.05) is 49.5 Å². The fourth-order valence-corrected chi connectivity index (χ4v) is 4.82. The average molecular weight is 499 g/mol. The highest BCUT2D eigenvalue weighted by Crippen LogP contribution is 2.28. The van der Waals surface area contributed by atoms with Crippen LogP contribution in [0.15, 0.2) is 72.0 Å². The molecule has 0 saturated carbocycles. The number of amides is 1. The molecule has 1 amide bonds. The molecule has 1 saturated heterocycles. The number of para-hydroxylation sites is 2. The minimum atomic E-state index is -0.316. The summed E-state index contributed by atoms with van der Waals surface area (Å²) in [5, 5.41) is 4.50. The van der Waals surface area contributed by atoms with Gasteiger partial charge in [0.25, 0.3) is 5.56 Å². The Morgan fingerprint density at radius 1 is 1.05 bits per heavy atom. The van der Waals surface area contributed by atoms with Gasteiger partial charge in [-0.3, -0.25) is 9.59 Å². The highest BCUT2D eigenvalue weighted by atomic mass is 16.5. The van der Waals surface area contributed by atoms with Crippen LogP contribution in [-0.4, -0.2) is 63.3 Å². The maximum atomic E-state index is 13.5. The fourth-order valence-electron chi connectivity index (χ4n) is 4.82. The molecule has 1 aliphatic heterocycles. The summed E-state index contributed by atoms with van der Waals surface area (Å²) < 4.78 is 8.69. The molecule has 0 spiro atoms. The van der Waals surface area contributed by atoms with E-state index >= 15 is 0 Å². The smallest absolute Gasteiger partial charge is 0.279 e. The molecule has 0 radical (unpaired) electrons. The summed E-state index contributed by atoms with van der Waals surface area (Å²) in [6.45, 7) is 8.67. The summed E-state index contributed by atoms with van der Waals surface area (Å²) in [7, 11) is 1.66. The maximum absolute atomic E-state index is 13.5. The number of hydrogen-bond donors (Lipinski definition) is 0. The summed E-state index contributed by atoms with van der Waals surface area (Å²) >= 11 is 0. The molecule has 2 aromatic carbocycles. The number of hydrogen-bond acceptors (Lipinski definition) is 6. The minimum Gasteiger partial charge on any atom is -0.495 e. The summed E-state index contributed by atoms with van der Waals surface area (Å²) in [6.07, 6.45) is 1.75. The van der Waals surface area contributed by atoms with Gasteiger partial charge in [-0.2, -0.15) is 9.50 Å². The minimum absolute atomic E-state index is 0.00688. The number of rotatable bonds is 7. The van der Waals surface area contributed by atoms with E-state index in [4.69, 9.17) is 4.74 Å². The number of carbonyl (C=O) groups is 1. The van der Waals surface area contributed by atoms with Gasteiger partial charge < -0.3 is 19.1 Å². The third-order valence-corrected chi connectivity index (χ3v) is 6.85. The second kappa shape index (κ2) is 10.3. The number of nitrogens with zero attached hydrogens (tertiary/aromatic N) is 6. The molecular formula is C28H30N6O3. The Morgan fingerprint density at radius 3 is 2.46 bits per heavy atom. The third-order valence-electron chi connectivity index (χ3n) is 6.85. The maximum Gasteiger partial charge on any atom is 0.279 e. The molecule has 37 heavy (non-hydrogen) atoms. The van der Waals surface area contributed by atoms with Gasteiger partial charge in [-0.15, -0.1) is 11.7 Å². The molecule has 2 aromatic heterocycles. The van der Waals surface area contributed by atoms with Crippen molar-refractivity contribution in [2.24, 2.45) is 0 Å². The molecule has 4 aromatic rings. The van der Waals surface area contributed by atoms with Crippen LogP contribution in [0.3, 0.4) is 0 Å². The molecule has 9 heteroatoms. The van der Waals surface area contributed by atoms with Crippen molar-refractivity contribution in [1.82, 2.24) is 24.1 Å². The predicted molar refractivity (Wildman–Crippen MR) is 143 cm³/mol. The molecular weight excluding hydrogens is 468 g/mol. The van der Waals surface area contributed by atoms with Crippen LogP contribution in [0.5, 0.6) is 5.75 Å². The highest BCUT2D eigenvalue weighted by Gasteiger charge is 2.26. The second-order valence-electron chi connectivity index (χ2n) is 9.00. The van der Waals surface area contributed by atoms with E-state index in [9.17, 15) is 9.59 Å². The van der Waals surface area contributed by atoms with E-state index in [-0.39, 0.29) is 17.9 Å². The third kappa shape index (κ3) is 4.60. The molecule has 0 aliphatic carbocycles. The molecule has 0 N–H and O–H groups in total. The van der Waals surface area contributed by atoms with Crippen LogP contribution in [0.1, 0.15) is 11.3 Å². The number of aromatic nitrogens is 4. The summed E-state index contributed by atoms with van der Waals surface area (Å²) in [6, 6.07) is 17.4. The van der Waals surface area contributed by atoms with E-state index in [1.165, 1.54) is 4.52 Å². The quantitative estimate of drug-likeness (QED) is 0.364. The number of carbonyl (C=O) groups excluding carboxylic acids is 1. The normalized spacial score (nSPS) is 13.7. The van der Waals surface area contributed by atoms with Crippen molar-refractivity contribution in [2.45, 2.75) is 19.9 Å². The van der Waals surface area contributed by atoms with Crippen molar-refractivity contribution in [3.8, 4) is 17.1 Å². The van der Waals surface area contributed by atoms with E-state index in [1.807, 2.05) is 71.0 Å². The van der Waals surface area contributed by atoms with Crippen LogP contribution < -0.4 is 15.2 Å². The number of methoxy groups -OCH3 is 1. The lowest BCUT2D eigenvalue weighted by Crippen LogP contribution is -2.49. The van der Waals surface area contributed by atoms with Gasteiger partial charge in [-0.1, -0.05) is 48.5 Å². The lowest BCUT2D eigenvalue weighted by molar-refractivity contribution is -0.130. The first-order valence-electron chi connectivity index (χ1n) is 12.3. The Bertz CT molecular complexity index is 1500. The lowest BCUT2D eigenvalue weighted by Gasteiger charge is -2.36. The standard InChI is InChI=1S/C28H30N6O3/c1-4-14-33-20(2)22(27(36)34-28(33)29-26(30-34)21-10-6-5-7-11-21)19-25(35)32-17-15-31(16-18-32)23-12-8-9-13-24(23)37-3/h4-13H,1,14-19H2,2-3H3. The number of benzene rings is 2. The number of allylic oxidation sites excluding steroid dienone is 1. The number of anilines is 1. The first kappa shape index (κ1) is 24.3. The van der Waals surface area contributed by atoms with Crippen LogP contribution in [0.2, 0.25) is 0 Å². The van der Waals surface area contributed by atoms with Gasteiger partial charge in [-0.05, 0) is 19.1 Å². The van der Waals surface area contributed by atoms with Crippen molar-refractivity contribution in [2.75, 3.05) is 38.2 Å². The molecule has 1 fully saturated rings. The van der Waals surface area contributed by atoms with Crippen molar-refractivity contribution >= 4 is 17.4 Å². The Hall–Kier alpha value is -4.40. The number of ether oxygens (including phenoxy) is 1. The van der Waals surface area contributed by atoms with Crippen molar-refractivity contribution < 1.29 is 9.53 Å². The van der Waals surface area contributed by atoms with Gasteiger partial charge in [0.1, 0.15) is 5.75 Å². The molecule has 0 atom stereocenters. The van der Waals surface area contributed by atoms with Gasteiger partial charge >= 0.3 is 0 Å². The second-order valence-corrected chi connectivity index (χ2v) is 9.00. The largest absolute Gasteiger partial charge is 0.495 e. The van der Waals surface area contributed by atoms with Gasteiger partial charge in [0.2, 0.25) is 11.7 Å².